The highest BCUT2D eigenvalue weighted by atomic mass is 19.4. The van der Waals surface area contributed by atoms with Crippen LogP contribution in [-0.2, 0) is 19.3 Å². The average Bonchev–Trinajstić information content (AvgIpc) is 2.80. The third-order valence-electron chi connectivity index (χ3n) is 5.19. The molecule has 34 heavy (non-hydrogen) atoms. The number of rotatable bonds is 8. The van der Waals surface area contributed by atoms with Crippen LogP contribution in [0.15, 0.2) is 54.6 Å². The van der Waals surface area contributed by atoms with Crippen molar-refractivity contribution in [2.45, 2.75) is 19.3 Å². The Hall–Kier alpha value is -3.31. The van der Waals surface area contributed by atoms with Gasteiger partial charge in [-0.25, -0.2) is 8.78 Å². The van der Waals surface area contributed by atoms with Crippen LogP contribution in [-0.4, -0.2) is 31.4 Å². The summed E-state index contributed by atoms with van der Waals surface area (Å²) in [6, 6.07) is 13.9. The predicted octanol–water partition coefficient (Wildman–Crippen LogP) is 3.89. The Labute approximate surface area is 193 Å². The Kier molecular flexibility index (Phi) is 7.68. The van der Waals surface area contributed by atoms with Gasteiger partial charge in [-0.2, -0.15) is 13.2 Å². The monoisotopic (exact) mass is 481 g/mol. The molecule has 0 bridgehead atoms. The van der Waals surface area contributed by atoms with Gasteiger partial charge in [-0.05, 0) is 46.9 Å². The molecule has 3 aromatic rings. The fourth-order valence-electron chi connectivity index (χ4n) is 3.48. The molecule has 0 radical (unpaired) electrons. The molecule has 0 fully saturated rings. The van der Waals surface area contributed by atoms with Gasteiger partial charge < -0.3 is 24.4 Å². The van der Waals surface area contributed by atoms with Gasteiger partial charge in [0.2, 0.25) is 0 Å². The first-order valence-corrected chi connectivity index (χ1v) is 10.0. The molecule has 0 aliphatic rings. The van der Waals surface area contributed by atoms with Crippen molar-refractivity contribution in [1.82, 2.24) is 0 Å². The molecule has 0 heterocycles. The van der Waals surface area contributed by atoms with E-state index in [4.69, 9.17) is 9.47 Å². The quantitative estimate of drug-likeness (QED) is 0.378. The Bertz CT molecular complexity index is 1070. The Balaban J connectivity index is 2.11. The molecule has 0 unspecified atom stereocenters. The minimum atomic E-state index is -5.33. The van der Waals surface area contributed by atoms with Crippen molar-refractivity contribution in [3.8, 4) is 11.5 Å². The Morgan fingerprint density at radius 2 is 1.24 bits per heavy atom. The number of benzene rings is 3. The minimum absolute atomic E-state index is 0.0291. The van der Waals surface area contributed by atoms with Crippen LogP contribution in [0, 0.1) is 11.6 Å². The summed E-state index contributed by atoms with van der Waals surface area (Å²) >= 11 is 0. The first kappa shape index (κ1) is 25.3. The van der Waals surface area contributed by atoms with E-state index in [2.05, 4.69) is 0 Å². The maximum atomic E-state index is 15.0. The van der Waals surface area contributed by atoms with E-state index in [1.54, 1.807) is 48.5 Å². The molecular weight excluding hydrogens is 460 g/mol. The Morgan fingerprint density at radius 1 is 0.794 bits per heavy atom. The number of anilines is 1. The zero-order valence-corrected chi connectivity index (χ0v) is 18.2. The van der Waals surface area contributed by atoms with Crippen molar-refractivity contribution < 1.29 is 41.5 Å². The van der Waals surface area contributed by atoms with Gasteiger partial charge in [0.1, 0.15) is 11.5 Å². The van der Waals surface area contributed by atoms with Crippen LogP contribution in [0.1, 0.15) is 16.7 Å². The van der Waals surface area contributed by atoms with E-state index < -0.39 is 41.6 Å². The first-order chi connectivity index (χ1) is 16.0. The smallest absolute Gasteiger partial charge is 0.489 e. The van der Waals surface area contributed by atoms with Gasteiger partial charge >= 0.3 is 13.3 Å². The third-order valence-corrected chi connectivity index (χ3v) is 5.19. The molecule has 0 saturated carbocycles. The molecule has 3 rings (SSSR count). The van der Waals surface area contributed by atoms with Crippen molar-refractivity contribution in [2.75, 3.05) is 19.1 Å². The number of halogens is 5. The fraction of sp³-hybridized carbons (Fsp3) is 0.217. The number of nitrogens with zero attached hydrogens (tertiary/aromatic N) is 1. The molecule has 0 aliphatic heterocycles. The zero-order chi connectivity index (χ0) is 25.0. The molecule has 0 amide bonds. The summed E-state index contributed by atoms with van der Waals surface area (Å²) in [4.78, 5) is 1.30. The summed E-state index contributed by atoms with van der Waals surface area (Å²) in [6.07, 6.45) is -5.33. The van der Waals surface area contributed by atoms with Gasteiger partial charge in [0.05, 0.1) is 25.5 Å². The molecule has 180 valence electrons. The van der Waals surface area contributed by atoms with E-state index >= 15 is 4.39 Å². The second kappa shape index (κ2) is 10.3. The van der Waals surface area contributed by atoms with Crippen LogP contribution >= 0.6 is 0 Å². The van der Waals surface area contributed by atoms with Gasteiger partial charge in [0, 0.05) is 13.1 Å². The molecule has 0 saturated heterocycles. The molecule has 0 aromatic heterocycles. The molecule has 0 spiro atoms. The van der Waals surface area contributed by atoms with Crippen LogP contribution in [0.3, 0.4) is 0 Å². The molecule has 3 aromatic carbocycles. The molecule has 5 nitrogen and oxygen atoms in total. The normalized spacial score (nSPS) is 11.3. The lowest BCUT2D eigenvalue weighted by Crippen LogP contribution is -2.39. The summed E-state index contributed by atoms with van der Waals surface area (Å²) in [5.74, 6) is -2.84. The van der Waals surface area contributed by atoms with Crippen LogP contribution < -0.4 is 19.8 Å². The largest absolute Gasteiger partial charge is 0.497 e. The van der Waals surface area contributed by atoms with Crippen molar-refractivity contribution in [1.29, 1.82) is 0 Å². The van der Waals surface area contributed by atoms with Crippen LogP contribution in [0.5, 0.6) is 11.5 Å². The second-order valence-electron chi connectivity index (χ2n) is 7.41. The van der Waals surface area contributed by atoms with Crippen molar-refractivity contribution >= 4 is 18.3 Å². The highest BCUT2D eigenvalue weighted by Crippen LogP contribution is 2.35. The standard InChI is InChI=1S/C23H21BF5NO4/c1-33-16-7-3-14(4-8-16)12-30(13-15-5-9-17(34-2)10-6-15)19-11-18(24(31)32)20(23(27,28)29)22(26)21(19)25/h3-11,31-32H,12-13H2,1-2H3. The lowest BCUT2D eigenvalue weighted by Gasteiger charge is -2.28. The predicted molar refractivity (Wildman–Crippen MR) is 117 cm³/mol. The van der Waals surface area contributed by atoms with Crippen LogP contribution in [0.25, 0.3) is 0 Å². The van der Waals surface area contributed by atoms with E-state index in [1.807, 2.05) is 0 Å². The maximum Gasteiger partial charge on any atom is 0.489 e. The summed E-state index contributed by atoms with van der Waals surface area (Å²) in [5, 5.41) is 19.0. The van der Waals surface area contributed by atoms with E-state index in [0.29, 0.717) is 28.7 Å². The van der Waals surface area contributed by atoms with Gasteiger partial charge in [0.25, 0.3) is 0 Å². The molecule has 0 atom stereocenters. The summed E-state index contributed by atoms with van der Waals surface area (Å²) in [7, 11) is 0.287. The van der Waals surface area contributed by atoms with Gasteiger partial charge in [-0.1, -0.05) is 24.3 Å². The zero-order valence-electron chi connectivity index (χ0n) is 18.2. The summed E-state index contributed by atoms with van der Waals surface area (Å²) < 4.78 is 79.9. The Morgan fingerprint density at radius 3 is 1.59 bits per heavy atom. The fourth-order valence-corrected chi connectivity index (χ4v) is 3.48. The first-order valence-electron chi connectivity index (χ1n) is 10.0. The van der Waals surface area contributed by atoms with Gasteiger partial charge in [-0.3, -0.25) is 0 Å². The number of hydrogen-bond acceptors (Lipinski definition) is 5. The van der Waals surface area contributed by atoms with Crippen molar-refractivity contribution in [2.24, 2.45) is 0 Å². The molecular formula is C23H21BF5NO4. The molecule has 2 N–H and O–H groups in total. The number of methoxy groups -OCH3 is 2. The highest BCUT2D eigenvalue weighted by molar-refractivity contribution is 6.59. The van der Waals surface area contributed by atoms with Crippen molar-refractivity contribution in [3.05, 3.63) is 82.9 Å². The SMILES string of the molecule is COc1ccc(CN(Cc2ccc(OC)cc2)c2cc(B(O)O)c(C(F)(F)F)c(F)c2F)cc1. The molecule has 11 heteroatoms. The van der Waals surface area contributed by atoms with E-state index in [9.17, 15) is 27.6 Å². The summed E-state index contributed by atoms with van der Waals surface area (Å²) in [6.45, 7) is -0.0581. The highest BCUT2D eigenvalue weighted by Gasteiger charge is 2.42. The maximum absolute atomic E-state index is 15.0. The van der Waals surface area contributed by atoms with Crippen LogP contribution in [0.2, 0.25) is 0 Å². The average molecular weight is 481 g/mol. The number of alkyl halides is 3. The number of ether oxygens (including phenoxy) is 2. The lowest BCUT2D eigenvalue weighted by molar-refractivity contribution is -0.139. The minimum Gasteiger partial charge on any atom is -0.497 e. The molecule has 0 aliphatic carbocycles. The van der Waals surface area contributed by atoms with Crippen molar-refractivity contribution in [3.63, 3.8) is 0 Å². The van der Waals surface area contributed by atoms with E-state index in [0.717, 1.165) is 0 Å². The van der Waals surface area contributed by atoms with Gasteiger partial charge in [-0.15, -0.1) is 0 Å². The number of hydrogen-bond donors (Lipinski definition) is 2. The van der Waals surface area contributed by atoms with E-state index in [1.165, 1.54) is 19.1 Å². The topological polar surface area (TPSA) is 62.2 Å². The lowest BCUT2D eigenvalue weighted by atomic mass is 9.76. The van der Waals surface area contributed by atoms with Gasteiger partial charge in [0.15, 0.2) is 11.6 Å². The summed E-state index contributed by atoms with van der Waals surface area (Å²) in [5.41, 5.74) is -2.55. The van der Waals surface area contributed by atoms with E-state index in [-0.39, 0.29) is 13.1 Å². The van der Waals surface area contributed by atoms with Crippen LogP contribution in [0.4, 0.5) is 27.6 Å². The third kappa shape index (κ3) is 5.60. The second-order valence-corrected chi connectivity index (χ2v) is 7.41.